The Hall–Kier alpha value is -0.570. The number of amides is 1. The van der Waals surface area contributed by atoms with Gasteiger partial charge in [0.05, 0.1) is 6.04 Å². The first-order valence-corrected chi connectivity index (χ1v) is 5.69. The minimum absolute atomic E-state index is 0.0570. The van der Waals surface area contributed by atoms with Crippen LogP contribution in [0.3, 0.4) is 0 Å². The van der Waals surface area contributed by atoms with Crippen molar-refractivity contribution in [2.75, 3.05) is 6.54 Å². The Labute approximate surface area is 86.6 Å². The van der Waals surface area contributed by atoms with Crippen LogP contribution in [0.4, 0.5) is 0 Å². The molecule has 0 radical (unpaired) electrons. The first kappa shape index (κ1) is 11.5. The van der Waals surface area contributed by atoms with Gasteiger partial charge in [0.25, 0.3) is 0 Å². The molecule has 14 heavy (non-hydrogen) atoms. The van der Waals surface area contributed by atoms with Gasteiger partial charge in [-0.05, 0) is 32.2 Å². The number of carbonyl (C=O) groups excluding carboxylic acids is 1. The summed E-state index contributed by atoms with van der Waals surface area (Å²) in [6.45, 7) is 7.39. The second kappa shape index (κ2) is 5.35. The van der Waals surface area contributed by atoms with E-state index in [-0.39, 0.29) is 18.0 Å². The molecule has 0 spiro atoms. The standard InChI is InChI=1S/C11H22N2O/c1-4-8(2)9(3)13-11(14)10-6-5-7-12-10/h8-10,12H,4-7H2,1-3H3,(H,13,14)/t8?,9?,10-/m0/s1. The van der Waals surface area contributed by atoms with Crippen LogP contribution in [0, 0.1) is 5.92 Å². The van der Waals surface area contributed by atoms with Gasteiger partial charge < -0.3 is 10.6 Å². The van der Waals surface area contributed by atoms with Crippen molar-refractivity contribution in [3.63, 3.8) is 0 Å². The fraction of sp³-hybridized carbons (Fsp3) is 0.909. The second-order valence-corrected chi connectivity index (χ2v) is 4.33. The molecule has 1 fully saturated rings. The van der Waals surface area contributed by atoms with E-state index in [2.05, 4.69) is 31.4 Å². The minimum Gasteiger partial charge on any atom is -0.352 e. The molecular formula is C11H22N2O. The van der Waals surface area contributed by atoms with Crippen molar-refractivity contribution >= 4 is 5.91 Å². The van der Waals surface area contributed by atoms with Gasteiger partial charge in [0.2, 0.25) is 5.91 Å². The maximum absolute atomic E-state index is 11.7. The van der Waals surface area contributed by atoms with Crippen molar-refractivity contribution in [3.8, 4) is 0 Å². The maximum Gasteiger partial charge on any atom is 0.237 e. The summed E-state index contributed by atoms with van der Waals surface area (Å²) in [5.74, 6) is 0.732. The highest BCUT2D eigenvalue weighted by Crippen LogP contribution is 2.09. The molecule has 1 amide bonds. The highest BCUT2D eigenvalue weighted by atomic mass is 16.2. The van der Waals surface area contributed by atoms with E-state index in [9.17, 15) is 4.79 Å². The monoisotopic (exact) mass is 198 g/mol. The van der Waals surface area contributed by atoms with Crippen LogP contribution >= 0.6 is 0 Å². The second-order valence-electron chi connectivity index (χ2n) is 4.33. The predicted molar refractivity (Wildman–Crippen MR) is 58.1 cm³/mol. The molecule has 1 aliphatic rings. The number of rotatable bonds is 4. The zero-order valence-electron chi connectivity index (χ0n) is 9.47. The first-order chi connectivity index (χ1) is 6.65. The van der Waals surface area contributed by atoms with Crippen LogP contribution in [-0.4, -0.2) is 24.5 Å². The van der Waals surface area contributed by atoms with Gasteiger partial charge in [-0.2, -0.15) is 0 Å². The van der Waals surface area contributed by atoms with Crippen molar-refractivity contribution < 1.29 is 4.79 Å². The summed E-state index contributed by atoms with van der Waals surface area (Å²) in [6.07, 6.45) is 3.22. The predicted octanol–water partition coefficient (Wildman–Crippen LogP) is 1.29. The maximum atomic E-state index is 11.7. The summed E-state index contributed by atoms with van der Waals surface area (Å²) in [4.78, 5) is 11.7. The molecule has 3 heteroatoms. The van der Waals surface area contributed by atoms with Gasteiger partial charge in [-0.3, -0.25) is 4.79 Å². The Morgan fingerprint density at radius 2 is 2.29 bits per heavy atom. The van der Waals surface area contributed by atoms with Gasteiger partial charge in [-0.15, -0.1) is 0 Å². The van der Waals surface area contributed by atoms with Crippen molar-refractivity contribution in [2.45, 2.75) is 52.1 Å². The van der Waals surface area contributed by atoms with Crippen LogP contribution in [-0.2, 0) is 4.79 Å². The zero-order chi connectivity index (χ0) is 10.6. The summed E-state index contributed by atoms with van der Waals surface area (Å²) in [6, 6.07) is 0.344. The average molecular weight is 198 g/mol. The molecule has 3 nitrogen and oxygen atoms in total. The summed E-state index contributed by atoms with van der Waals surface area (Å²) in [5.41, 5.74) is 0. The number of hydrogen-bond acceptors (Lipinski definition) is 2. The van der Waals surface area contributed by atoms with Gasteiger partial charge in [0, 0.05) is 6.04 Å². The van der Waals surface area contributed by atoms with E-state index in [0.29, 0.717) is 5.92 Å². The van der Waals surface area contributed by atoms with E-state index in [1.54, 1.807) is 0 Å². The minimum atomic E-state index is 0.0570. The fourth-order valence-corrected chi connectivity index (χ4v) is 1.73. The third kappa shape index (κ3) is 2.98. The van der Waals surface area contributed by atoms with Crippen LogP contribution in [0.5, 0.6) is 0 Å². The third-order valence-electron chi connectivity index (χ3n) is 3.24. The Balaban J connectivity index is 2.31. The Bertz CT molecular complexity index is 188. The first-order valence-electron chi connectivity index (χ1n) is 5.69. The van der Waals surface area contributed by atoms with Crippen LogP contribution in [0.25, 0.3) is 0 Å². The van der Waals surface area contributed by atoms with E-state index < -0.39 is 0 Å². The van der Waals surface area contributed by atoms with E-state index in [1.807, 2.05) is 0 Å². The van der Waals surface area contributed by atoms with Gasteiger partial charge >= 0.3 is 0 Å². The van der Waals surface area contributed by atoms with Crippen molar-refractivity contribution in [2.24, 2.45) is 5.92 Å². The van der Waals surface area contributed by atoms with E-state index >= 15 is 0 Å². The summed E-state index contributed by atoms with van der Waals surface area (Å²) in [5, 5.41) is 6.28. The molecule has 1 heterocycles. The van der Waals surface area contributed by atoms with Crippen molar-refractivity contribution in [3.05, 3.63) is 0 Å². The van der Waals surface area contributed by atoms with Crippen LogP contribution in [0.1, 0.15) is 40.0 Å². The topological polar surface area (TPSA) is 41.1 Å². The molecule has 2 unspecified atom stereocenters. The molecule has 1 saturated heterocycles. The van der Waals surface area contributed by atoms with Crippen LogP contribution in [0.2, 0.25) is 0 Å². The summed E-state index contributed by atoms with van der Waals surface area (Å²) < 4.78 is 0. The largest absolute Gasteiger partial charge is 0.352 e. The number of hydrogen-bond donors (Lipinski definition) is 2. The zero-order valence-corrected chi connectivity index (χ0v) is 9.47. The SMILES string of the molecule is CCC(C)C(C)NC(=O)[C@@H]1CCCN1. The quantitative estimate of drug-likeness (QED) is 0.714. The molecule has 2 N–H and O–H groups in total. The smallest absolute Gasteiger partial charge is 0.237 e. The van der Waals surface area contributed by atoms with Gasteiger partial charge in [-0.1, -0.05) is 20.3 Å². The average Bonchev–Trinajstić information content (AvgIpc) is 2.69. The lowest BCUT2D eigenvalue weighted by atomic mass is 10.0. The molecule has 82 valence electrons. The fourth-order valence-electron chi connectivity index (χ4n) is 1.73. The molecule has 0 aromatic heterocycles. The lowest BCUT2D eigenvalue weighted by Crippen LogP contribution is -2.46. The Morgan fingerprint density at radius 1 is 1.57 bits per heavy atom. The lowest BCUT2D eigenvalue weighted by molar-refractivity contribution is -0.123. The molecule has 1 rings (SSSR count). The van der Waals surface area contributed by atoms with E-state index in [1.165, 1.54) is 0 Å². The van der Waals surface area contributed by atoms with Gasteiger partial charge in [0.1, 0.15) is 0 Å². The van der Waals surface area contributed by atoms with Crippen molar-refractivity contribution in [1.29, 1.82) is 0 Å². The normalized spacial score (nSPS) is 25.8. The molecule has 3 atom stereocenters. The van der Waals surface area contributed by atoms with E-state index in [0.717, 1.165) is 25.8 Å². The molecule has 1 aliphatic heterocycles. The molecular weight excluding hydrogens is 176 g/mol. The molecule has 0 aromatic rings. The summed E-state index contributed by atoms with van der Waals surface area (Å²) in [7, 11) is 0. The molecule has 0 bridgehead atoms. The third-order valence-corrected chi connectivity index (χ3v) is 3.24. The number of nitrogens with one attached hydrogen (secondary N) is 2. The van der Waals surface area contributed by atoms with E-state index in [4.69, 9.17) is 0 Å². The molecule has 0 aliphatic carbocycles. The Morgan fingerprint density at radius 3 is 2.79 bits per heavy atom. The van der Waals surface area contributed by atoms with Crippen LogP contribution < -0.4 is 10.6 Å². The number of carbonyl (C=O) groups is 1. The summed E-state index contributed by atoms with van der Waals surface area (Å²) >= 11 is 0. The lowest BCUT2D eigenvalue weighted by Gasteiger charge is -2.21. The highest BCUT2D eigenvalue weighted by Gasteiger charge is 2.23. The molecule has 0 aromatic carbocycles. The van der Waals surface area contributed by atoms with Gasteiger partial charge in [-0.25, -0.2) is 0 Å². The van der Waals surface area contributed by atoms with Gasteiger partial charge in [0.15, 0.2) is 0 Å². The molecule has 0 saturated carbocycles. The highest BCUT2D eigenvalue weighted by molar-refractivity contribution is 5.82. The van der Waals surface area contributed by atoms with Crippen molar-refractivity contribution in [1.82, 2.24) is 10.6 Å². The van der Waals surface area contributed by atoms with Crippen LogP contribution in [0.15, 0.2) is 0 Å². The Kier molecular flexibility index (Phi) is 4.39.